The van der Waals surface area contributed by atoms with Gasteiger partial charge in [-0.1, -0.05) is 0 Å². The van der Waals surface area contributed by atoms with Crippen molar-refractivity contribution < 1.29 is 36.9 Å². The standard InChI is InChI=1S/CH4F2O6P2/c2-1(3)10(4,5)9-11(6,7)8/h1H,(H,4,5)(H2,6,7,8). The van der Waals surface area contributed by atoms with Gasteiger partial charge >= 0.3 is 21.6 Å². The fourth-order valence-electron chi connectivity index (χ4n) is 0.188. The summed E-state index contributed by atoms with van der Waals surface area (Å²) in [5.41, 5.74) is 0. The monoisotopic (exact) mass is 212 g/mol. The average Bonchev–Trinajstić information content (AvgIpc) is 1.56. The van der Waals surface area contributed by atoms with E-state index in [0.29, 0.717) is 0 Å². The van der Waals surface area contributed by atoms with Crippen LogP contribution in [0.3, 0.4) is 0 Å². The smallest absolute Gasteiger partial charge is 0.320 e. The number of hydrogen-bond acceptors (Lipinski definition) is 3. The molecule has 11 heavy (non-hydrogen) atoms. The Hall–Kier alpha value is 0.160. The molecule has 6 nitrogen and oxygen atoms in total. The van der Waals surface area contributed by atoms with Gasteiger partial charge in [0, 0.05) is 0 Å². The Morgan fingerprint density at radius 1 is 1.18 bits per heavy atom. The van der Waals surface area contributed by atoms with Gasteiger partial charge in [0.25, 0.3) is 0 Å². The van der Waals surface area contributed by atoms with Crippen LogP contribution < -0.4 is 0 Å². The van der Waals surface area contributed by atoms with Crippen molar-refractivity contribution in [2.75, 3.05) is 0 Å². The van der Waals surface area contributed by atoms with Crippen LogP contribution in [0.4, 0.5) is 8.78 Å². The van der Waals surface area contributed by atoms with E-state index in [1.54, 1.807) is 0 Å². The van der Waals surface area contributed by atoms with Crippen LogP contribution in [0.25, 0.3) is 0 Å². The Morgan fingerprint density at radius 3 is 1.64 bits per heavy atom. The Labute approximate surface area is 59.6 Å². The lowest BCUT2D eigenvalue weighted by Crippen LogP contribution is -1.96. The molecule has 68 valence electrons. The molecule has 0 heterocycles. The third kappa shape index (κ3) is 4.58. The summed E-state index contributed by atoms with van der Waals surface area (Å²) in [5, 5.41) is 0. The molecule has 0 amide bonds. The fraction of sp³-hybridized carbons (Fsp3) is 1.00. The van der Waals surface area contributed by atoms with Gasteiger partial charge in [-0.15, -0.1) is 0 Å². The van der Waals surface area contributed by atoms with Crippen molar-refractivity contribution in [3.63, 3.8) is 0 Å². The summed E-state index contributed by atoms with van der Waals surface area (Å²) in [5.74, 6) is 0. The van der Waals surface area contributed by atoms with E-state index in [2.05, 4.69) is 4.31 Å². The zero-order valence-corrected chi connectivity index (χ0v) is 6.58. The molecule has 0 spiro atoms. The maximum atomic E-state index is 11.4. The Bertz CT molecular complexity index is 219. The van der Waals surface area contributed by atoms with Crippen molar-refractivity contribution in [1.29, 1.82) is 0 Å². The largest absolute Gasteiger partial charge is 0.477 e. The van der Waals surface area contributed by atoms with Gasteiger partial charge in [0.2, 0.25) is 0 Å². The minimum absolute atomic E-state index is 2.91. The van der Waals surface area contributed by atoms with Crippen LogP contribution in [-0.2, 0) is 13.4 Å². The summed E-state index contributed by atoms with van der Waals surface area (Å²) in [4.78, 5) is 23.7. The first-order valence-electron chi connectivity index (χ1n) is 2.02. The van der Waals surface area contributed by atoms with Crippen LogP contribution in [0.2, 0.25) is 0 Å². The summed E-state index contributed by atoms with van der Waals surface area (Å²) < 4.78 is 45.4. The first-order chi connectivity index (χ1) is 4.65. The van der Waals surface area contributed by atoms with E-state index in [4.69, 9.17) is 14.7 Å². The molecular formula is CH4F2O6P2. The zero-order valence-electron chi connectivity index (χ0n) is 4.79. The van der Waals surface area contributed by atoms with E-state index in [9.17, 15) is 17.9 Å². The normalized spacial score (nSPS) is 18.4. The number of hydrogen-bond donors (Lipinski definition) is 3. The highest BCUT2D eigenvalue weighted by molar-refractivity contribution is 7.63. The molecule has 0 aromatic rings. The highest BCUT2D eigenvalue weighted by Crippen LogP contribution is 2.60. The van der Waals surface area contributed by atoms with E-state index in [-0.39, 0.29) is 0 Å². The molecule has 0 saturated carbocycles. The molecule has 0 aliphatic carbocycles. The molecule has 0 aliphatic rings. The molecule has 10 heteroatoms. The molecule has 0 fully saturated rings. The Balaban J connectivity index is 4.39. The van der Waals surface area contributed by atoms with Crippen LogP contribution in [0.5, 0.6) is 0 Å². The number of phosphoric acid groups is 1. The van der Waals surface area contributed by atoms with Crippen LogP contribution in [0.15, 0.2) is 0 Å². The molecule has 3 N–H and O–H groups in total. The number of halogens is 2. The van der Waals surface area contributed by atoms with E-state index >= 15 is 0 Å². The summed E-state index contributed by atoms with van der Waals surface area (Å²) in [7, 11) is -10.8. The zero-order chi connectivity index (χ0) is 9.28. The van der Waals surface area contributed by atoms with Crippen molar-refractivity contribution >= 4 is 15.4 Å². The van der Waals surface area contributed by atoms with Crippen LogP contribution in [-0.4, -0.2) is 20.8 Å². The van der Waals surface area contributed by atoms with Gasteiger partial charge in [-0.3, -0.25) is 4.57 Å². The third-order valence-electron chi connectivity index (χ3n) is 0.470. The highest BCUT2D eigenvalue weighted by atomic mass is 31.3. The molecule has 0 bridgehead atoms. The first-order valence-corrected chi connectivity index (χ1v) is 5.20. The summed E-state index contributed by atoms with van der Waals surface area (Å²) in [6.07, 6.45) is -3.82. The van der Waals surface area contributed by atoms with Gasteiger partial charge in [0.15, 0.2) is 0 Å². The molecule has 0 aliphatic heterocycles. The molecule has 1 atom stereocenters. The topological polar surface area (TPSA) is 104 Å². The van der Waals surface area contributed by atoms with Crippen LogP contribution in [0, 0.1) is 0 Å². The van der Waals surface area contributed by atoms with Crippen molar-refractivity contribution in [1.82, 2.24) is 0 Å². The lowest BCUT2D eigenvalue weighted by Gasteiger charge is -2.10. The minimum atomic E-state index is -5.48. The number of alkyl halides is 2. The van der Waals surface area contributed by atoms with E-state index in [1.165, 1.54) is 0 Å². The predicted molar refractivity (Wildman–Crippen MR) is 29.0 cm³/mol. The highest BCUT2D eigenvalue weighted by Gasteiger charge is 2.39. The molecule has 0 rings (SSSR count). The summed E-state index contributed by atoms with van der Waals surface area (Å²) in [6, 6.07) is 0. The second kappa shape index (κ2) is 3.26. The van der Waals surface area contributed by atoms with Gasteiger partial charge < -0.3 is 14.7 Å². The molecule has 0 radical (unpaired) electrons. The van der Waals surface area contributed by atoms with Gasteiger partial charge in [0.05, 0.1) is 0 Å². The fourth-order valence-corrected chi connectivity index (χ4v) is 1.69. The summed E-state index contributed by atoms with van der Waals surface area (Å²) >= 11 is 0. The molecule has 0 aromatic heterocycles. The van der Waals surface area contributed by atoms with E-state index < -0.39 is 21.6 Å². The van der Waals surface area contributed by atoms with Crippen LogP contribution >= 0.6 is 15.4 Å². The van der Waals surface area contributed by atoms with Crippen LogP contribution in [0.1, 0.15) is 0 Å². The van der Waals surface area contributed by atoms with Crippen molar-refractivity contribution in [3.8, 4) is 0 Å². The second-order valence-electron chi connectivity index (χ2n) is 1.41. The predicted octanol–water partition coefficient (Wildman–Crippen LogP) is 0.504. The third-order valence-corrected chi connectivity index (χ3v) is 2.75. The lowest BCUT2D eigenvalue weighted by atomic mass is 11.7. The molecule has 0 saturated heterocycles. The average molecular weight is 212 g/mol. The van der Waals surface area contributed by atoms with Crippen molar-refractivity contribution in [2.24, 2.45) is 0 Å². The van der Waals surface area contributed by atoms with E-state index in [0.717, 1.165) is 0 Å². The van der Waals surface area contributed by atoms with Gasteiger partial charge in [-0.25, -0.2) is 8.88 Å². The first kappa shape index (κ1) is 11.2. The van der Waals surface area contributed by atoms with Gasteiger partial charge in [-0.2, -0.15) is 8.78 Å². The quantitative estimate of drug-likeness (QED) is 0.588. The Kier molecular flexibility index (Phi) is 3.31. The maximum Gasteiger partial charge on any atom is 0.477 e. The van der Waals surface area contributed by atoms with Crippen molar-refractivity contribution in [2.45, 2.75) is 6.17 Å². The van der Waals surface area contributed by atoms with E-state index in [1.807, 2.05) is 0 Å². The maximum absolute atomic E-state index is 11.4. The molecule has 1 unspecified atom stereocenters. The molecular weight excluding hydrogens is 208 g/mol. The SMILES string of the molecule is O=P(O)(O)OP(=O)(O)C(F)F. The minimum Gasteiger partial charge on any atom is -0.320 e. The van der Waals surface area contributed by atoms with Gasteiger partial charge in [-0.05, 0) is 0 Å². The summed E-state index contributed by atoms with van der Waals surface area (Å²) in [6.45, 7) is 0. The number of rotatable bonds is 3. The van der Waals surface area contributed by atoms with Crippen molar-refractivity contribution in [3.05, 3.63) is 0 Å². The lowest BCUT2D eigenvalue weighted by molar-refractivity contribution is 0.174. The van der Waals surface area contributed by atoms with Gasteiger partial charge in [0.1, 0.15) is 0 Å². The molecule has 0 aromatic carbocycles. The Morgan fingerprint density at radius 2 is 1.55 bits per heavy atom. The second-order valence-corrected chi connectivity index (χ2v) is 4.57.